The van der Waals surface area contributed by atoms with Crippen molar-refractivity contribution in [2.24, 2.45) is 5.11 Å². The van der Waals surface area contributed by atoms with E-state index in [-0.39, 0.29) is 0 Å². The lowest BCUT2D eigenvalue weighted by atomic mass is 10.1. The molecule has 0 bridgehead atoms. The molecule has 0 saturated carbocycles. The van der Waals surface area contributed by atoms with Gasteiger partial charge in [-0.3, -0.25) is 4.79 Å². The fraction of sp³-hybridized carbons (Fsp3) is 0.0909. The van der Waals surface area contributed by atoms with Gasteiger partial charge < -0.3 is 0 Å². The summed E-state index contributed by atoms with van der Waals surface area (Å²) in [5.41, 5.74) is 9.95. The second kappa shape index (κ2) is 4.41. The molecule has 0 aliphatic rings. The minimum Gasteiger partial charge on any atom is -0.287 e. The number of rotatable bonds is 1. The van der Waals surface area contributed by atoms with E-state index in [1.807, 2.05) is 13.0 Å². The highest BCUT2D eigenvalue weighted by Gasteiger charge is 2.06. The van der Waals surface area contributed by atoms with E-state index >= 15 is 0 Å². The summed E-state index contributed by atoms with van der Waals surface area (Å²) in [4.78, 5) is 18.0. The fourth-order valence-corrected chi connectivity index (χ4v) is 1.63. The lowest BCUT2D eigenvalue weighted by Gasteiger charge is -2.02. The van der Waals surface area contributed by atoms with Crippen LogP contribution in [0.1, 0.15) is 15.9 Å². The summed E-state index contributed by atoms with van der Waals surface area (Å²) < 4.78 is 0. The van der Waals surface area contributed by atoms with Gasteiger partial charge in [0.2, 0.25) is 5.91 Å². The lowest BCUT2D eigenvalue weighted by Crippen LogP contribution is -1.94. The molecule has 1 heterocycles. The number of nitrogens with zero attached hydrogens (tertiary/aromatic N) is 4. The summed E-state index contributed by atoms with van der Waals surface area (Å²) in [7, 11) is 0. The summed E-state index contributed by atoms with van der Waals surface area (Å²) in [6.07, 6.45) is 0. The van der Waals surface area contributed by atoms with Crippen molar-refractivity contribution in [3.8, 4) is 0 Å². The third kappa shape index (κ3) is 2.20. The van der Waals surface area contributed by atoms with Crippen LogP contribution in [0.5, 0.6) is 0 Å². The van der Waals surface area contributed by atoms with Gasteiger partial charge in [-0.15, -0.1) is 0 Å². The van der Waals surface area contributed by atoms with Gasteiger partial charge in [0.15, 0.2) is 0 Å². The van der Waals surface area contributed by atoms with E-state index in [4.69, 9.17) is 17.1 Å². The van der Waals surface area contributed by atoms with Gasteiger partial charge in [-0.25, -0.2) is 4.98 Å². The zero-order valence-corrected chi connectivity index (χ0v) is 9.64. The maximum absolute atomic E-state index is 11.4. The first-order chi connectivity index (χ1) is 8.11. The number of hydrogen-bond donors (Lipinski definition) is 0. The maximum atomic E-state index is 11.4. The Labute approximate surface area is 102 Å². The van der Waals surface area contributed by atoms with Crippen LogP contribution in [0.2, 0.25) is 5.15 Å². The van der Waals surface area contributed by atoms with Gasteiger partial charge in [-0.2, -0.15) is 0 Å². The van der Waals surface area contributed by atoms with Crippen molar-refractivity contribution < 1.29 is 4.79 Å². The SMILES string of the molecule is Cc1cc2ccc(C(=O)N=[N+]=[N-])cc2nc1Cl. The highest BCUT2D eigenvalue weighted by Crippen LogP contribution is 2.21. The summed E-state index contributed by atoms with van der Waals surface area (Å²) >= 11 is 5.90. The lowest BCUT2D eigenvalue weighted by molar-refractivity contribution is 0.100. The molecule has 2 rings (SSSR count). The Morgan fingerprint density at radius 3 is 2.94 bits per heavy atom. The number of benzene rings is 1. The molecule has 0 N–H and O–H groups in total. The standard InChI is InChI=1S/C11H7ClN4O/c1-6-4-7-2-3-8(11(17)15-16-13)5-9(7)14-10(6)12/h2-5H,1H3. The number of aryl methyl sites for hydroxylation is 1. The van der Waals surface area contributed by atoms with Crippen LogP contribution in [0.15, 0.2) is 29.4 Å². The van der Waals surface area contributed by atoms with E-state index in [2.05, 4.69) is 15.0 Å². The minimum atomic E-state index is -0.632. The Morgan fingerprint density at radius 2 is 2.24 bits per heavy atom. The number of carbonyl (C=O) groups is 1. The number of fused-ring (bicyclic) bond motifs is 1. The predicted molar refractivity (Wildman–Crippen MR) is 65.0 cm³/mol. The molecule has 1 aromatic carbocycles. The van der Waals surface area contributed by atoms with Crippen LogP contribution in [0.3, 0.4) is 0 Å². The van der Waals surface area contributed by atoms with Crippen molar-refractivity contribution >= 4 is 28.4 Å². The molecule has 17 heavy (non-hydrogen) atoms. The molecule has 1 aromatic heterocycles. The van der Waals surface area contributed by atoms with Gasteiger partial charge in [0.25, 0.3) is 0 Å². The first kappa shape index (κ1) is 11.4. The molecule has 0 atom stereocenters. The second-order valence-electron chi connectivity index (χ2n) is 3.50. The average Bonchev–Trinajstić information content (AvgIpc) is 2.30. The van der Waals surface area contributed by atoms with Gasteiger partial charge in [0, 0.05) is 15.9 Å². The van der Waals surface area contributed by atoms with Crippen molar-refractivity contribution in [2.45, 2.75) is 6.92 Å². The Bertz CT molecular complexity index is 662. The molecule has 0 aliphatic heterocycles. The Morgan fingerprint density at radius 1 is 1.47 bits per heavy atom. The van der Waals surface area contributed by atoms with Gasteiger partial charge >= 0.3 is 0 Å². The highest BCUT2D eigenvalue weighted by molar-refractivity contribution is 6.30. The van der Waals surface area contributed by atoms with E-state index in [9.17, 15) is 4.79 Å². The van der Waals surface area contributed by atoms with Crippen molar-refractivity contribution in [2.75, 3.05) is 0 Å². The Kier molecular flexibility index (Phi) is 2.95. The highest BCUT2D eigenvalue weighted by atomic mass is 35.5. The van der Waals surface area contributed by atoms with Crippen molar-refractivity contribution in [3.63, 3.8) is 0 Å². The molecular weight excluding hydrogens is 240 g/mol. The molecule has 0 unspecified atom stereocenters. The molecule has 6 heteroatoms. The predicted octanol–water partition coefficient (Wildman–Crippen LogP) is 3.65. The Balaban J connectivity index is 2.61. The zero-order chi connectivity index (χ0) is 12.4. The van der Waals surface area contributed by atoms with Crippen LogP contribution in [0, 0.1) is 6.92 Å². The van der Waals surface area contributed by atoms with Gasteiger partial charge in [-0.05, 0) is 35.3 Å². The molecule has 0 spiro atoms. The second-order valence-corrected chi connectivity index (χ2v) is 3.86. The monoisotopic (exact) mass is 246 g/mol. The van der Waals surface area contributed by atoms with Gasteiger partial charge in [-0.1, -0.05) is 23.7 Å². The number of hydrogen-bond acceptors (Lipinski definition) is 2. The van der Waals surface area contributed by atoms with Crippen LogP contribution >= 0.6 is 11.6 Å². The molecule has 0 fully saturated rings. The first-order valence-corrected chi connectivity index (χ1v) is 5.16. The van der Waals surface area contributed by atoms with Crippen molar-refractivity contribution in [3.05, 3.63) is 51.0 Å². The zero-order valence-electron chi connectivity index (χ0n) is 8.88. The summed E-state index contributed by atoms with van der Waals surface area (Å²) in [6, 6.07) is 6.77. The first-order valence-electron chi connectivity index (χ1n) is 4.78. The van der Waals surface area contributed by atoms with Crippen LogP contribution in [0.4, 0.5) is 0 Å². The van der Waals surface area contributed by atoms with Crippen molar-refractivity contribution in [1.29, 1.82) is 0 Å². The summed E-state index contributed by atoms with van der Waals surface area (Å²) in [5.74, 6) is -0.632. The van der Waals surface area contributed by atoms with Crippen LogP contribution < -0.4 is 0 Å². The average molecular weight is 247 g/mol. The third-order valence-corrected chi connectivity index (χ3v) is 2.71. The largest absolute Gasteiger partial charge is 0.287 e. The number of carbonyl (C=O) groups excluding carboxylic acids is 1. The Hall–Kier alpha value is -2.10. The van der Waals surface area contributed by atoms with E-state index in [0.29, 0.717) is 16.2 Å². The smallest absolute Gasteiger partial charge is 0.249 e. The van der Waals surface area contributed by atoms with Gasteiger partial charge in [0.05, 0.1) is 5.52 Å². The summed E-state index contributed by atoms with van der Waals surface area (Å²) in [5, 5.41) is 4.30. The van der Waals surface area contributed by atoms with Crippen LogP contribution in [0.25, 0.3) is 21.3 Å². The molecule has 84 valence electrons. The third-order valence-electron chi connectivity index (χ3n) is 2.33. The van der Waals surface area contributed by atoms with Crippen LogP contribution in [-0.4, -0.2) is 10.9 Å². The summed E-state index contributed by atoms with van der Waals surface area (Å²) in [6.45, 7) is 1.85. The van der Waals surface area contributed by atoms with E-state index in [1.54, 1.807) is 18.2 Å². The molecular formula is C11H7ClN4O. The van der Waals surface area contributed by atoms with Crippen molar-refractivity contribution in [1.82, 2.24) is 4.98 Å². The molecule has 0 aliphatic carbocycles. The molecule has 1 amide bonds. The number of azide groups is 1. The number of amides is 1. The maximum Gasteiger partial charge on any atom is 0.249 e. The van der Waals surface area contributed by atoms with Crippen LogP contribution in [-0.2, 0) is 0 Å². The molecule has 0 radical (unpaired) electrons. The number of halogens is 1. The van der Waals surface area contributed by atoms with E-state index in [0.717, 1.165) is 10.9 Å². The van der Waals surface area contributed by atoms with E-state index < -0.39 is 5.91 Å². The number of pyridine rings is 1. The van der Waals surface area contributed by atoms with Gasteiger partial charge in [0.1, 0.15) is 5.15 Å². The minimum absolute atomic E-state index is 0.294. The fourth-order valence-electron chi connectivity index (χ4n) is 1.48. The molecule has 5 nitrogen and oxygen atoms in total. The molecule has 0 saturated heterocycles. The molecule has 2 aromatic rings. The topological polar surface area (TPSA) is 78.7 Å². The number of aromatic nitrogens is 1. The quantitative estimate of drug-likeness (QED) is 0.333. The normalized spacial score (nSPS) is 10.0. The van der Waals surface area contributed by atoms with E-state index in [1.165, 1.54) is 0 Å².